The molecule has 0 radical (unpaired) electrons. The van der Waals surface area contributed by atoms with Crippen molar-refractivity contribution >= 4 is 29.4 Å². The third-order valence-corrected chi connectivity index (χ3v) is 5.23. The molecule has 152 valence electrons. The number of carbonyl (C=O) groups excluding carboxylic acids is 1. The first-order chi connectivity index (χ1) is 14.5. The molecule has 2 amide bonds. The third kappa shape index (κ3) is 4.04. The highest BCUT2D eigenvalue weighted by atomic mass is 35.5. The van der Waals surface area contributed by atoms with E-state index in [1.165, 1.54) is 11.6 Å². The third-order valence-electron chi connectivity index (χ3n) is 4.94. The molecule has 4 N–H and O–H groups in total. The molecule has 1 atom stereocenters. The summed E-state index contributed by atoms with van der Waals surface area (Å²) in [5, 5.41) is 12.0. The van der Waals surface area contributed by atoms with Crippen molar-refractivity contribution in [1.82, 2.24) is 20.7 Å². The Kier molecular flexibility index (Phi) is 5.49. The number of carboxylic acid groups (broad SMARTS) is 1. The van der Waals surface area contributed by atoms with Crippen molar-refractivity contribution < 1.29 is 14.7 Å². The first kappa shape index (κ1) is 19.7. The number of aromatic carboxylic acids is 1. The summed E-state index contributed by atoms with van der Waals surface area (Å²) >= 11 is 6.04. The monoisotopic (exact) mass is 423 g/mol. The first-order valence-electron chi connectivity index (χ1n) is 9.25. The lowest BCUT2D eigenvalue weighted by Crippen LogP contribution is -2.41. The lowest BCUT2D eigenvalue weighted by Gasteiger charge is -2.22. The maximum absolute atomic E-state index is 12.6. The topological polar surface area (TPSA) is 116 Å². The Hall–Kier alpha value is -3.65. The second kappa shape index (κ2) is 8.38. The van der Waals surface area contributed by atoms with E-state index >= 15 is 0 Å². The van der Waals surface area contributed by atoms with E-state index in [1.807, 2.05) is 30.5 Å². The molecule has 0 fully saturated rings. The maximum Gasteiger partial charge on any atom is 0.337 e. The molecule has 0 saturated heterocycles. The van der Waals surface area contributed by atoms with Gasteiger partial charge in [0.05, 0.1) is 16.6 Å². The number of hydrogen-bond acceptors (Lipinski definition) is 5. The fraction of sp³-hybridized carbons (Fsp3) is 0.143. The summed E-state index contributed by atoms with van der Waals surface area (Å²) in [7, 11) is 0. The van der Waals surface area contributed by atoms with Gasteiger partial charge in [0.2, 0.25) is 0 Å². The van der Waals surface area contributed by atoms with Crippen molar-refractivity contribution in [2.24, 2.45) is 0 Å². The van der Waals surface area contributed by atoms with Crippen molar-refractivity contribution in [2.75, 3.05) is 5.43 Å². The van der Waals surface area contributed by atoms with Gasteiger partial charge in [-0.1, -0.05) is 35.9 Å². The van der Waals surface area contributed by atoms with Gasteiger partial charge in [-0.3, -0.25) is 15.8 Å². The molecule has 0 saturated carbocycles. The van der Waals surface area contributed by atoms with Gasteiger partial charge in [-0.15, -0.1) is 0 Å². The molecule has 9 heteroatoms. The molecule has 2 aromatic heterocycles. The number of amides is 2. The molecule has 2 heterocycles. The largest absolute Gasteiger partial charge is 0.478 e. The van der Waals surface area contributed by atoms with E-state index in [9.17, 15) is 9.59 Å². The summed E-state index contributed by atoms with van der Waals surface area (Å²) in [5.41, 5.74) is 9.36. The fourth-order valence-electron chi connectivity index (χ4n) is 3.49. The van der Waals surface area contributed by atoms with E-state index in [1.54, 1.807) is 6.20 Å². The number of nitrogens with one attached hydrogen (secondary N) is 3. The SMILES string of the molecule is O=C(NNc1ncc(C(=O)O)cc1Cl)NC1c2ccccc2CCc2cnccc21. The molecule has 3 aromatic rings. The van der Waals surface area contributed by atoms with Gasteiger partial charge in [0, 0.05) is 18.6 Å². The molecule has 1 aromatic carbocycles. The summed E-state index contributed by atoms with van der Waals surface area (Å²) in [6.45, 7) is 0. The van der Waals surface area contributed by atoms with Crippen LogP contribution >= 0.6 is 11.6 Å². The highest BCUT2D eigenvalue weighted by Crippen LogP contribution is 2.32. The Morgan fingerprint density at radius 3 is 2.63 bits per heavy atom. The van der Waals surface area contributed by atoms with Gasteiger partial charge in [0.25, 0.3) is 0 Å². The Bertz CT molecular complexity index is 1070. The van der Waals surface area contributed by atoms with Crippen molar-refractivity contribution in [2.45, 2.75) is 18.9 Å². The number of aryl methyl sites for hydroxylation is 2. The molecular formula is C21H18ClN5O3. The number of hydrogen-bond donors (Lipinski definition) is 4. The van der Waals surface area contributed by atoms with Crippen LogP contribution in [0.15, 0.2) is 55.0 Å². The smallest absolute Gasteiger partial charge is 0.337 e. The highest BCUT2D eigenvalue weighted by molar-refractivity contribution is 6.33. The van der Waals surface area contributed by atoms with Crippen LogP contribution in [-0.4, -0.2) is 27.1 Å². The molecule has 1 aliphatic carbocycles. The predicted molar refractivity (Wildman–Crippen MR) is 111 cm³/mol. The Labute approximate surface area is 177 Å². The van der Waals surface area contributed by atoms with Crippen molar-refractivity contribution in [1.29, 1.82) is 0 Å². The Balaban J connectivity index is 1.53. The quantitative estimate of drug-likeness (QED) is 0.478. The molecule has 4 rings (SSSR count). The molecule has 0 aliphatic heterocycles. The van der Waals surface area contributed by atoms with Gasteiger partial charge >= 0.3 is 12.0 Å². The number of pyridine rings is 2. The average Bonchev–Trinajstić information content (AvgIpc) is 2.90. The van der Waals surface area contributed by atoms with Gasteiger partial charge in [0.15, 0.2) is 5.82 Å². The van der Waals surface area contributed by atoms with Crippen LogP contribution in [0.25, 0.3) is 0 Å². The number of carboxylic acids is 1. The lowest BCUT2D eigenvalue weighted by molar-refractivity contribution is 0.0696. The Morgan fingerprint density at radius 2 is 1.83 bits per heavy atom. The summed E-state index contributed by atoms with van der Waals surface area (Å²) in [4.78, 5) is 31.8. The van der Waals surface area contributed by atoms with Crippen molar-refractivity contribution in [3.8, 4) is 0 Å². The molecule has 0 bridgehead atoms. The van der Waals surface area contributed by atoms with Crippen LogP contribution in [0.5, 0.6) is 0 Å². The molecule has 1 unspecified atom stereocenters. The summed E-state index contributed by atoms with van der Waals surface area (Å²) in [6, 6.07) is 10.3. The molecule has 0 spiro atoms. The van der Waals surface area contributed by atoms with E-state index in [4.69, 9.17) is 16.7 Å². The number of carbonyl (C=O) groups is 2. The number of benzene rings is 1. The minimum absolute atomic E-state index is 0.0460. The van der Waals surface area contributed by atoms with Crippen molar-refractivity contribution in [3.05, 3.63) is 87.8 Å². The number of halogens is 1. The zero-order chi connectivity index (χ0) is 21.1. The van der Waals surface area contributed by atoms with Crippen LogP contribution in [-0.2, 0) is 12.8 Å². The van der Waals surface area contributed by atoms with Crippen LogP contribution in [0.2, 0.25) is 5.02 Å². The summed E-state index contributed by atoms with van der Waals surface area (Å²) in [6.07, 6.45) is 6.40. The minimum Gasteiger partial charge on any atom is -0.478 e. The van der Waals surface area contributed by atoms with E-state index < -0.39 is 12.0 Å². The van der Waals surface area contributed by atoms with E-state index in [0.29, 0.717) is 0 Å². The van der Waals surface area contributed by atoms with Crippen LogP contribution in [0.4, 0.5) is 10.6 Å². The van der Waals surface area contributed by atoms with Gasteiger partial charge in [-0.25, -0.2) is 14.6 Å². The van der Waals surface area contributed by atoms with Crippen LogP contribution in [0, 0.1) is 0 Å². The molecule has 30 heavy (non-hydrogen) atoms. The summed E-state index contributed by atoms with van der Waals surface area (Å²) in [5.74, 6) is -0.996. The van der Waals surface area contributed by atoms with E-state index in [2.05, 4.69) is 32.2 Å². The maximum atomic E-state index is 12.6. The summed E-state index contributed by atoms with van der Waals surface area (Å²) < 4.78 is 0. The number of fused-ring (bicyclic) bond motifs is 2. The number of aromatic nitrogens is 2. The number of hydrazine groups is 1. The standard InChI is InChI=1S/C21H18ClN5O3/c22-17-9-14(20(28)29)11-24-19(17)26-27-21(30)25-18-15-4-2-1-3-12(15)5-6-13-10-23-8-7-16(13)18/h1-4,7-11,18H,5-6H2,(H,24,26)(H,28,29)(H2,25,27,30). The van der Waals surface area contributed by atoms with Crippen LogP contribution in [0.1, 0.15) is 38.7 Å². The van der Waals surface area contributed by atoms with Gasteiger partial charge in [-0.05, 0) is 47.2 Å². The van der Waals surface area contributed by atoms with Crippen molar-refractivity contribution in [3.63, 3.8) is 0 Å². The molecule has 8 nitrogen and oxygen atoms in total. The van der Waals surface area contributed by atoms with Crippen LogP contribution in [0.3, 0.4) is 0 Å². The van der Waals surface area contributed by atoms with Gasteiger partial charge in [-0.2, -0.15) is 0 Å². The normalized spacial score (nSPS) is 14.6. The Morgan fingerprint density at radius 1 is 1.07 bits per heavy atom. The second-order valence-electron chi connectivity index (χ2n) is 6.79. The molecule has 1 aliphatic rings. The number of nitrogens with zero attached hydrogens (tertiary/aromatic N) is 2. The van der Waals surface area contributed by atoms with Gasteiger partial charge in [0.1, 0.15) is 0 Å². The number of anilines is 1. The lowest BCUT2D eigenvalue weighted by atomic mass is 9.96. The first-order valence-corrected chi connectivity index (χ1v) is 9.62. The zero-order valence-corrected chi connectivity index (χ0v) is 16.5. The minimum atomic E-state index is -1.14. The fourth-order valence-corrected chi connectivity index (χ4v) is 3.71. The zero-order valence-electron chi connectivity index (χ0n) is 15.7. The predicted octanol–water partition coefficient (Wildman–Crippen LogP) is 3.34. The highest BCUT2D eigenvalue weighted by Gasteiger charge is 2.25. The second-order valence-corrected chi connectivity index (χ2v) is 7.20. The molecular weight excluding hydrogens is 406 g/mol. The average molecular weight is 424 g/mol. The van der Waals surface area contributed by atoms with Gasteiger partial charge < -0.3 is 10.4 Å². The van der Waals surface area contributed by atoms with E-state index in [0.717, 1.165) is 35.7 Å². The number of rotatable bonds is 4. The number of urea groups is 1. The van der Waals surface area contributed by atoms with E-state index in [-0.39, 0.29) is 22.4 Å². The van der Waals surface area contributed by atoms with Crippen LogP contribution < -0.4 is 16.2 Å².